The van der Waals surface area contributed by atoms with Crippen molar-refractivity contribution < 1.29 is 23.9 Å². The van der Waals surface area contributed by atoms with Crippen LogP contribution in [0, 0.1) is 17.8 Å². The van der Waals surface area contributed by atoms with Gasteiger partial charge >= 0.3 is 11.8 Å². The summed E-state index contributed by atoms with van der Waals surface area (Å²) in [7, 11) is 3.63. The molecule has 7 rings (SSSR count). The van der Waals surface area contributed by atoms with E-state index >= 15 is 0 Å². The molecule has 4 amide bonds. The predicted octanol–water partition coefficient (Wildman–Crippen LogP) is 2.70. The molecule has 2 fully saturated rings. The molecule has 4 N–H and O–H groups in total. The molecule has 2 aromatic carbocycles. The molecule has 1 saturated heterocycles. The number of piperidine rings is 1. The number of hydrogen-bond acceptors (Lipinski definition) is 10. The number of carbonyl (C=O) groups is 4. The van der Waals surface area contributed by atoms with Gasteiger partial charge in [-0.1, -0.05) is 30.0 Å². The molecule has 2 aromatic heterocycles. The number of ether oxygens (including phenoxy) is 1. The van der Waals surface area contributed by atoms with Crippen LogP contribution in [-0.4, -0.2) is 85.2 Å². The number of hydrogen-bond donors (Lipinski definition) is 4. The largest absolute Gasteiger partial charge is 0.446 e. The summed E-state index contributed by atoms with van der Waals surface area (Å²) in [5, 5.41) is 16.8. The van der Waals surface area contributed by atoms with E-state index < -0.39 is 11.9 Å². The van der Waals surface area contributed by atoms with E-state index in [0.29, 0.717) is 47.5 Å². The molecular formula is C40H46N10O6. The molecule has 1 saturated carbocycles. The highest BCUT2D eigenvalue weighted by molar-refractivity contribution is 6.06. The Morgan fingerprint density at radius 2 is 1.89 bits per heavy atom. The number of imidazole rings is 1. The third-order valence-electron chi connectivity index (χ3n) is 10.4. The number of amidine groups is 1. The number of carbonyl (C=O) groups excluding carboxylic acids is 4. The molecule has 0 bridgehead atoms. The zero-order valence-corrected chi connectivity index (χ0v) is 31.9. The number of fused-ring (bicyclic) bond motifs is 1. The number of hydrazone groups is 1. The zero-order chi connectivity index (χ0) is 39.5. The molecule has 4 atom stereocenters. The van der Waals surface area contributed by atoms with Gasteiger partial charge < -0.3 is 20.8 Å². The third-order valence-corrected chi connectivity index (χ3v) is 10.4. The summed E-state index contributed by atoms with van der Waals surface area (Å²) in [4.78, 5) is 64.6. The van der Waals surface area contributed by atoms with Crippen LogP contribution in [0.15, 0.2) is 64.8 Å². The second-order valence-corrected chi connectivity index (χ2v) is 15.0. The number of rotatable bonds is 9. The summed E-state index contributed by atoms with van der Waals surface area (Å²) < 4.78 is 10.2. The van der Waals surface area contributed by atoms with Gasteiger partial charge in [0, 0.05) is 38.7 Å². The van der Waals surface area contributed by atoms with Crippen molar-refractivity contribution in [3.63, 3.8) is 0 Å². The van der Waals surface area contributed by atoms with E-state index in [9.17, 15) is 24.0 Å². The summed E-state index contributed by atoms with van der Waals surface area (Å²) in [5.41, 5.74) is 7.02. The molecule has 2 unspecified atom stereocenters. The van der Waals surface area contributed by atoms with Crippen molar-refractivity contribution in [2.75, 3.05) is 13.6 Å². The number of alkyl carbamates (subject to hydrolysis) is 1. The molecule has 0 spiro atoms. The van der Waals surface area contributed by atoms with Crippen molar-refractivity contribution in [2.45, 2.75) is 83.1 Å². The van der Waals surface area contributed by atoms with Crippen LogP contribution in [0.3, 0.4) is 0 Å². The lowest BCUT2D eigenvalue weighted by Crippen LogP contribution is -2.44. The number of nitrogens with zero attached hydrogens (tertiary/aromatic N) is 6. The Labute approximate surface area is 323 Å². The Morgan fingerprint density at radius 3 is 2.66 bits per heavy atom. The van der Waals surface area contributed by atoms with E-state index in [1.807, 2.05) is 57.3 Å². The number of para-hydroxylation sites is 1. The van der Waals surface area contributed by atoms with E-state index in [0.717, 1.165) is 30.5 Å². The highest BCUT2D eigenvalue weighted by atomic mass is 16.6. The zero-order valence-electron chi connectivity index (χ0n) is 31.9. The first-order chi connectivity index (χ1) is 26.9. The predicted molar refractivity (Wildman–Crippen MR) is 208 cm³/mol. The molecule has 3 aliphatic rings. The number of imide groups is 1. The van der Waals surface area contributed by atoms with Crippen molar-refractivity contribution in [3.8, 4) is 17.5 Å². The monoisotopic (exact) mass is 762 g/mol. The minimum Gasteiger partial charge on any atom is -0.446 e. The lowest BCUT2D eigenvalue weighted by molar-refractivity contribution is -0.135. The van der Waals surface area contributed by atoms with E-state index in [2.05, 4.69) is 48.3 Å². The van der Waals surface area contributed by atoms with Crippen molar-refractivity contribution >= 4 is 40.7 Å². The SMILES string of the molecule is CC(C)NC(=O)O[C@@H]1CC[C@H](C2CC(NC(=O)c3cnn(-c4ccc(CN(C)CC#Cc5cccc6c5n(C)c(=O)n6C5CCC(=O)NC5=O)cc4)c3)=NN2)C1. The maximum atomic E-state index is 13.2. The summed E-state index contributed by atoms with van der Waals surface area (Å²) in [6.07, 6.45) is 6.19. The highest BCUT2D eigenvalue weighted by Gasteiger charge is 2.36. The van der Waals surface area contributed by atoms with Gasteiger partial charge in [0.1, 0.15) is 18.0 Å². The van der Waals surface area contributed by atoms with Crippen molar-refractivity contribution in [3.05, 3.63) is 82.0 Å². The van der Waals surface area contributed by atoms with Crippen LogP contribution in [0.25, 0.3) is 16.7 Å². The summed E-state index contributed by atoms with van der Waals surface area (Å²) in [6.45, 7) is 4.89. The Kier molecular flexibility index (Phi) is 11.1. The number of nitrogens with one attached hydrogen (secondary N) is 4. The Hall–Kier alpha value is -6.21. The smallest absolute Gasteiger partial charge is 0.407 e. The minimum absolute atomic E-state index is 0.0217. The number of aromatic nitrogens is 4. The first kappa shape index (κ1) is 38.1. The standard InChI is InChI=1S/C40H46N10O6/c1-24(2)42-39(54)56-30-15-12-27(19-30)31-20-34(46-45-31)43-37(52)28-21-41-49(23-28)29-13-10-25(11-14-29)22-47(3)18-6-8-26-7-5-9-32-36(26)48(4)40(55)50(32)33-16-17-35(51)44-38(33)53/h5,7,9-11,13-14,21,23-24,27,30-31,33,45H,12,15-20,22H2,1-4H3,(H,42,54)(H,43,46,52)(H,44,51,53)/t27-,30+,31?,33?/m0/s1. The molecule has 292 valence electrons. The van der Waals surface area contributed by atoms with Gasteiger partial charge in [-0.25, -0.2) is 14.3 Å². The fourth-order valence-corrected chi connectivity index (χ4v) is 7.62. The Morgan fingerprint density at radius 1 is 1.09 bits per heavy atom. The molecule has 56 heavy (non-hydrogen) atoms. The average molecular weight is 763 g/mol. The van der Waals surface area contributed by atoms with E-state index in [1.165, 1.54) is 15.3 Å². The van der Waals surface area contributed by atoms with Gasteiger partial charge in [0.15, 0.2) is 0 Å². The highest BCUT2D eigenvalue weighted by Crippen LogP contribution is 2.33. The molecule has 4 aromatic rings. The van der Waals surface area contributed by atoms with Crippen molar-refractivity contribution in [1.82, 2.24) is 45.2 Å². The fourth-order valence-electron chi connectivity index (χ4n) is 7.62. The molecule has 4 heterocycles. The van der Waals surface area contributed by atoms with Gasteiger partial charge in [-0.15, -0.1) is 0 Å². The first-order valence-electron chi connectivity index (χ1n) is 18.9. The second kappa shape index (κ2) is 16.3. The first-order valence-corrected chi connectivity index (χ1v) is 18.9. The lowest BCUT2D eigenvalue weighted by Gasteiger charge is -2.21. The summed E-state index contributed by atoms with van der Waals surface area (Å²) in [6, 6.07) is 12.7. The topological polar surface area (TPSA) is 186 Å². The summed E-state index contributed by atoms with van der Waals surface area (Å²) in [5.74, 6) is 6.18. The minimum atomic E-state index is -0.756. The van der Waals surface area contributed by atoms with Crippen LogP contribution in [-0.2, 0) is 27.9 Å². The Balaban J connectivity index is 0.901. The van der Waals surface area contributed by atoms with Crippen LogP contribution in [0.5, 0.6) is 0 Å². The van der Waals surface area contributed by atoms with E-state index in [1.54, 1.807) is 24.0 Å². The van der Waals surface area contributed by atoms with Gasteiger partial charge in [0.05, 0.1) is 46.6 Å². The normalized spacial score (nSPS) is 20.7. The van der Waals surface area contributed by atoms with Crippen LogP contribution >= 0.6 is 0 Å². The van der Waals surface area contributed by atoms with E-state index in [4.69, 9.17) is 4.74 Å². The van der Waals surface area contributed by atoms with Gasteiger partial charge in [-0.2, -0.15) is 10.2 Å². The average Bonchev–Trinajstić information content (AvgIpc) is 3.97. The maximum absolute atomic E-state index is 13.2. The fraction of sp³-hybridized carbons (Fsp3) is 0.425. The van der Waals surface area contributed by atoms with Crippen molar-refractivity contribution in [2.24, 2.45) is 18.1 Å². The number of amides is 4. The molecule has 16 heteroatoms. The molecule has 16 nitrogen and oxygen atoms in total. The van der Waals surface area contributed by atoms with Crippen molar-refractivity contribution in [1.29, 1.82) is 0 Å². The van der Waals surface area contributed by atoms with Gasteiger partial charge in [-0.3, -0.25) is 33.7 Å². The van der Waals surface area contributed by atoms with Gasteiger partial charge in [0.25, 0.3) is 5.91 Å². The van der Waals surface area contributed by atoms with Gasteiger partial charge in [0.2, 0.25) is 11.8 Å². The molecule has 2 aliphatic heterocycles. The van der Waals surface area contributed by atoms with Crippen LogP contribution in [0.4, 0.5) is 4.79 Å². The molecule has 0 radical (unpaired) electrons. The lowest BCUT2D eigenvalue weighted by atomic mass is 9.96. The van der Waals surface area contributed by atoms with Crippen LogP contribution in [0.1, 0.15) is 79.9 Å². The van der Waals surface area contributed by atoms with Crippen LogP contribution < -0.4 is 27.1 Å². The quantitative estimate of drug-likeness (QED) is 0.147. The number of aryl methyl sites for hydroxylation is 1. The van der Waals surface area contributed by atoms with Gasteiger partial charge in [-0.05, 0) is 82.3 Å². The summed E-state index contributed by atoms with van der Waals surface area (Å²) >= 11 is 0. The van der Waals surface area contributed by atoms with Crippen LogP contribution in [0.2, 0.25) is 0 Å². The third kappa shape index (κ3) is 8.37. The number of benzene rings is 2. The second-order valence-electron chi connectivity index (χ2n) is 15.0. The molecule has 1 aliphatic carbocycles. The molecular weight excluding hydrogens is 717 g/mol. The van der Waals surface area contributed by atoms with E-state index in [-0.39, 0.29) is 60.5 Å². The maximum Gasteiger partial charge on any atom is 0.407 e. The Bertz CT molecular complexity index is 2310.